The molecule has 5 heteroatoms. The van der Waals surface area contributed by atoms with Crippen LogP contribution in [-0.2, 0) is 11.2 Å². The lowest BCUT2D eigenvalue weighted by Gasteiger charge is -2.25. The topological polar surface area (TPSA) is 72.6 Å². The highest BCUT2D eigenvalue weighted by molar-refractivity contribution is 5.65. The molecule has 1 amide bonds. The lowest BCUT2D eigenvalue weighted by atomic mass is 9.90. The molecule has 0 aliphatic heterocycles. The van der Waals surface area contributed by atoms with Gasteiger partial charge in [-0.3, -0.25) is 0 Å². The molecule has 0 aliphatic carbocycles. The van der Waals surface area contributed by atoms with Crippen LogP contribution < -0.4 is 5.73 Å². The van der Waals surface area contributed by atoms with Crippen LogP contribution in [0, 0.1) is 11.7 Å². The molecular formula is C17H18FNO3. The van der Waals surface area contributed by atoms with Gasteiger partial charge in [0, 0.05) is 5.92 Å². The van der Waals surface area contributed by atoms with Gasteiger partial charge >= 0.3 is 6.09 Å². The molecule has 2 unspecified atom stereocenters. The predicted octanol–water partition coefficient (Wildman–Crippen LogP) is 2.81. The van der Waals surface area contributed by atoms with Crippen LogP contribution >= 0.6 is 0 Å². The van der Waals surface area contributed by atoms with Gasteiger partial charge < -0.3 is 15.6 Å². The van der Waals surface area contributed by atoms with Crippen molar-refractivity contribution >= 4 is 6.09 Å². The molecule has 4 nitrogen and oxygen atoms in total. The molecule has 0 saturated heterocycles. The Morgan fingerprint density at radius 1 is 1.14 bits per heavy atom. The second kappa shape index (κ2) is 7.56. The summed E-state index contributed by atoms with van der Waals surface area (Å²) in [6.07, 6.45) is -1.43. The average molecular weight is 303 g/mol. The first-order chi connectivity index (χ1) is 10.6. The Labute approximate surface area is 128 Å². The van der Waals surface area contributed by atoms with E-state index in [1.165, 1.54) is 6.07 Å². The van der Waals surface area contributed by atoms with E-state index in [1.807, 2.05) is 6.07 Å². The quantitative estimate of drug-likeness (QED) is 0.862. The van der Waals surface area contributed by atoms with E-state index in [2.05, 4.69) is 0 Å². The first-order valence-corrected chi connectivity index (χ1v) is 6.97. The van der Waals surface area contributed by atoms with Gasteiger partial charge in [-0.05, 0) is 23.6 Å². The second-order valence-corrected chi connectivity index (χ2v) is 5.01. The largest absolute Gasteiger partial charge is 0.441 e. The van der Waals surface area contributed by atoms with Crippen molar-refractivity contribution in [2.24, 2.45) is 11.7 Å². The number of hydrogen-bond acceptors (Lipinski definition) is 3. The number of carbonyl (C=O) groups excluding carboxylic acids is 1. The number of aliphatic hydroxyl groups excluding tert-OH is 1. The van der Waals surface area contributed by atoms with Crippen molar-refractivity contribution < 1.29 is 19.0 Å². The highest BCUT2D eigenvalue weighted by Crippen LogP contribution is 2.29. The van der Waals surface area contributed by atoms with Gasteiger partial charge in [0.2, 0.25) is 0 Å². The van der Waals surface area contributed by atoms with E-state index >= 15 is 0 Å². The monoisotopic (exact) mass is 303 g/mol. The van der Waals surface area contributed by atoms with E-state index in [4.69, 9.17) is 10.5 Å². The van der Waals surface area contributed by atoms with Crippen molar-refractivity contribution in [2.75, 3.05) is 6.61 Å². The molecule has 0 saturated carbocycles. The third-order valence-electron chi connectivity index (χ3n) is 3.47. The standard InChI is InChI=1S/C17H18FNO3/c18-15-9-5-4-8-13(15)10-14(11-20)16(22-17(19)21)12-6-2-1-3-7-12/h1-9,14,16,20H,10-11H2,(H2,19,21). The molecule has 2 aromatic rings. The summed E-state index contributed by atoms with van der Waals surface area (Å²) in [7, 11) is 0. The van der Waals surface area contributed by atoms with Crippen LogP contribution in [0.5, 0.6) is 0 Å². The maximum absolute atomic E-state index is 13.8. The minimum atomic E-state index is -0.930. The van der Waals surface area contributed by atoms with Crippen LogP contribution in [0.25, 0.3) is 0 Å². The van der Waals surface area contributed by atoms with Gasteiger partial charge in [0.05, 0.1) is 6.61 Å². The lowest BCUT2D eigenvalue weighted by Crippen LogP contribution is -2.27. The maximum Gasteiger partial charge on any atom is 0.405 e. The molecule has 0 aliphatic rings. The lowest BCUT2D eigenvalue weighted by molar-refractivity contribution is 0.0426. The number of rotatable bonds is 6. The highest BCUT2D eigenvalue weighted by Gasteiger charge is 2.27. The SMILES string of the molecule is NC(=O)OC(c1ccccc1)C(CO)Cc1ccccc1F. The summed E-state index contributed by atoms with van der Waals surface area (Å²) in [5.74, 6) is -0.848. The molecule has 2 aromatic carbocycles. The van der Waals surface area contributed by atoms with E-state index < -0.39 is 18.1 Å². The summed E-state index contributed by atoms with van der Waals surface area (Å²) in [5.41, 5.74) is 6.29. The van der Waals surface area contributed by atoms with Gasteiger partial charge in [-0.1, -0.05) is 48.5 Å². The minimum absolute atomic E-state index is 0.232. The van der Waals surface area contributed by atoms with E-state index in [1.54, 1.807) is 42.5 Å². The fraction of sp³-hybridized carbons (Fsp3) is 0.235. The minimum Gasteiger partial charge on any atom is -0.441 e. The van der Waals surface area contributed by atoms with Gasteiger partial charge in [0.15, 0.2) is 0 Å². The van der Waals surface area contributed by atoms with E-state index in [-0.39, 0.29) is 18.8 Å². The Bertz CT molecular complexity index is 618. The fourth-order valence-corrected chi connectivity index (χ4v) is 2.42. The van der Waals surface area contributed by atoms with Crippen molar-refractivity contribution in [2.45, 2.75) is 12.5 Å². The third-order valence-corrected chi connectivity index (χ3v) is 3.47. The van der Waals surface area contributed by atoms with Crippen LogP contribution in [0.2, 0.25) is 0 Å². The molecule has 22 heavy (non-hydrogen) atoms. The zero-order chi connectivity index (χ0) is 15.9. The Kier molecular flexibility index (Phi) is 5.49. The zero-order valence-electron chi connectivity index (χ0n) is 12.0. The Morgan fingerprint density at radius 3 is 2.36 bits per heavy atom. The van der Waals surface area contributed by atoms with Crippen molar-refractivity contribution in [3.05, 3.63) is 71.5 Å². The van der Waals surface area contributed by atoms with Crippen molar-refractivity contribution in [3.8, 4) is 0 Å². The molecule has 2 rings (SSSR count). The number of primary amides is 1. The Hall–Kier alpha value is -2.40. The van der Waals surface area contributed by atoms with Gasteiger partial charge in [-0.25, -0.2) is 9.18 Å². The van der Waals surface area contributed by atoms with Gasteiger partial charge in [0.1, 0.15) is 11.9 Å². The van der Waals surface area contributed by atoms with Crippen LogP contribution in [0.15, 0.2) is 54.6 Å². The summed E-state index contributed by atoms with van der Waals surface area (Å²) in [6, 6.07) is 15.3. The summed E-state index contributed by atoms with van der Waals surface area (Å²) in [4.78, 5) is 11.2. The van der Waals surface area contributed by atoms with E-state index in [0.717, 1.165) is 0 Å². The van der Waals surface area contributed by atoms with Crippen molar-refractivity contribution in [1.29, 1.82) is 0 Å². The second-order valence-electron chi connectivity index (χ2n) is 5.01. The first kappa shape index (κ1) is 16.0. The number of amides is 1. The van der Waals surface area contributed by atoms with Crippen LogP contribution in [0.3, 0.4) is 0 Å². The molecule has 0 aromatic heterocycles. The van der Waals surface area contributed by atoms with Crippen LogP contribution in [-0.4, -0.2) is 17.8 Å². The molecule has 0 heterocycles. The van der Waals surface area contributed by atoms with Gasteiger partial charge in [0.25, 0.3) is 0 Å². The van der Waals surface area contributed by atoms with Crippen LogP contribution in [0.4, 0.5) is 9.18 Å². The molecule has 0 radical (unpaired) electrons. The zero-order valence-corrected chi connectivity index (χ0v) is 12.0. The van der Waals surface area contributed by atoms with E-state index in [9.17, 15) is 14.3 Å². The number of ether oxygens (including phenoxy) is 1. The summed E-state index contributed by atoms with van der Waals surface area (Å²) < 4.78 is 19.0. The summed E-state index contributed by atoms with van der Waals surface area (Å²) in [6.45, 7) is -0.263. The third kappa shape index (κ3) is 4.05. The van der Waals surface area contributed by atoms with E-state index in [0.29, 0.717) is 11.1 Å². The number of nitrogens with two attached hydrogens (primary N) is 1. The summed E-state index contributed by atoms with van der Waals surface area (Å²) >= 11 is 0. The molecule has 0 spiro atoms. The molecule has 3 N–H and O–H groups in total. The number of aliphatic hydroxyl groups is 1. The maximum atomic E-state index is 13.8. The van der Waals surface area contributed by atoms with Gasteiger partial charge in [-0.2, -0.15) is 0 Å². The fourth-order valence-electron chi connectivity index (χ4n) is 2.42. The number of benzene rings is 2. The first-order valence-electron chi connectivity index (χ1n) is 6.97. The molecule has 116 valence electrons. The van der Waals surface area contributed by atoms with Crippen molar-refractivity contribution in [1.82, 2.24) is 0 Å². The van der Waals surface area contributed by atoms with Gasteiger partial charge in [-0.15, -0.1) is 0 Å². The Morgan fingerprint density at radius 2 is 1.77 bits per heavy atom. The number of halogens is 1. The molecule has 0 fully saturated rings. The average Bonchev–Trinajstić information content (AvgIpc) is 2.53. The number of carbonyl (C=O) groups is 1. The smallest absolute Gasteiger partial charge is 0.405 e. The molecule has 2 atom stereocenters. The van der Waals surface area contributed by atoms with Crippen LogP contribution in [0.1, 0.15) is 17.2 Å². The normalized spacial score (nSPS) is 13.4. The summed E-state index contributed by atoms with van der Waals surface area (Å²) in [5, 5.41) is 9.67. The highest BCUT2D eigenvalue weighted by atomic mass is 19.1. The molecule has 0 bridgehead atoms. The molecular weight excluding hydrogens is 285 g/mol. The Balaban J connectivity index is 2.27. The number of hydrogen-bond donors (Lipinski definition) is 2. The van der Waals surface area contributed by atoms with Crippen molar-refractivity contribution in [3.63, 3.8) is 0 Å². The predicted molar refractivity (Wildman–Crippen MR) is 80.5 cm³/mol.